The minimum absolute atomic E-state index is 0.0838. The van der Waals surface area contributed by atoms with Gasteiger partial charge in [-0.25, -0.2) is 4.39 Å². The maximum atomic E-state index is 13.1. The van der Waals surface area contributed by atoms with Crippen molar-refractivity contribution in [3.05, 3.63) is 35.6 Å². The van der Waals surface area contributed by atoms with Crippen LogP contribution in [0.4, 0.5) is 4.39 Å². The smallest absolute Gasteiger partial charge is 0.308 e. The average molecular weight is 295 g/mol. The Morgan fingerprint density at radius 2 is 1.95 bits per heavy atom. The molecule has 1 N–H and O–H groups in total. The predicted octanol–water partition coefficient (Wildman–Crippen LogP) is 2.57. The third-order valence-electron chi connectivity index (χ3n) is 3.52. The molecule has 0 radical (unpaired) electrons. The maximum Gasteiger partial charge on any atom is 0.308 e. The molecule has 1 aromatic carbocycles. The summed E-state index contributed by atoms with van der Waals surface area (Å²) in [5.74, 6) is -2.09. The van der Waals surface area contributed by atoms with Gasteiger partial charge in [-0.15, -0.1) is 0 Å². The molecule has 0 heterocycles. The summed E-state index contributed by atoms with van der Waals surface area (Å²) in [4.78, 5) is 24.4. The number of aliphatic carboxylic acids is 1. The summed E-state index contributed by atoms with van der Waals surface area (Å²) in [5, 5.41) is 8.86. The summed E-state index contributed by atoms with van der Waals surface area (Å²) in [6.45, 7) is 3.57. The zero-order valence-corrected chi connectivity index (χ0v) is 12.7. The van der Waals surface area contributed by atoms with Crippen LogP contribution in [0.3, 0.4) is 0 Å². The molecule has 21 heavy (non-hydrogen) atoms. The zero-order valence-electron chi connectivity index (χ0n) is 12.7. The highest BCUT2D eigenvalue weighted by molar-refractivity contribution is 5.79. The molecule has 0 bridgehead atoms. The summed E-state index contributed by atoms with van der Waals surface area (Å²) in [7, 11) is 1.61. The first-order valence-corrected chi connectivity index (χ1v) is 7.03. The van der Waals surface area contributed by atoms with Crippen LogP contribution in [0.15, 0.2) is 24.3 Å². The summed E-state index contributed by atoms with van der Waals surface area (Å²) < 4.78 is 13.1. The Kier molecular flexibility index (Phi) is 6.34. The quantitative estimate of drug-likeness (QED) is 0.841. The number of carboxylic acid groups (broad SMARTS) is 1. The number of benzene rings is 1. The van der Waals surface area contributed by atoms with Crippen molar-refractivity contribution >= 4 is 11.9 Å². The Labute approximate surface area is 124 Å². The summed E-state index contributed by atoms with van der Waals surface area (Å²) in [6, 6.07) is 6.33. The molecule has 5 heteroatoms. The van der Waals surface area contributed by atoms with Gasteiger partial charge in [-0.1, -0.05) is 26.0 Å². The van der Waals surface area contributed by atoms with Gasteiger partial charge >= 0.3 is 5.97 Å². The lowest BCUT2D eigenvalue weighted by Gasteiger charge is -2.23. The molecule has 0 aliphatic heterocycles. The number of halogens is 1. The van der Waals surface area contributed by atoms with Crippen molar-refractivity contribution in [1.82, 2.24) is 4.90 Å². The number of carbonyl (C=O) groups excluding carboxylic acids is 1. The summed E-state index contributed by atoms with van der Waals surface area (Å²) in [6.07, 6.45) is 1.22. The predicted molar refractivity (Wildman–Crippen MR) is 78.3 cm³/mol. The maximum absolute atomic E-state index is 13.1. The molecule has 0 saturated carbocycles. The number of rotatable bonds is 7. The van der Waals surface area contributed by atoms with Crippen LogP contribution in [0.25, 0.3) is 0 Å². The van der Waals surface area contributed by atoms with E-state index in [1.54, 1.807) is 20.0 Å². The largest absolute Gasteiger partial charge is 0.481 e. The molecular formula is C16H22FNO3. The molecule has 0 fully saturated rings. The first kappa shape index (κ1) is 17.1. The monoisotopic (exact) mass is 295 g/mol. The number of hydrogen-bond acceptors (Lipinski definition) is 2. The minimum Gasteiger partial charge on any atom is -0.481 e. The molecule has 1 aromatic rings. The van der Waals surface area contributed by atoms with Crippen molar-refractivity contribution in [3.63, 3.8) is 0 Å². The van der Waals surface area contributed by atoms with Crippen molar-refractivity contribution < 1.29 is 19.1 Å². The molecule has 2 unspecified atom stereocenters. The molecule has 116 valence electrons. The molecule has 0 saturated heterocycles. The van der Waals surface area contributed by atoms with Crippen LogP contribution < -0.4 is 0 Å². The fourth-order valence-electron chi connectivity index (χ4n) is 2.15. The van der Waals surface area contributed by atoms with E-state index in [2.05, 4.69) is 0 Å². The second-order valence-electron chi connectivity index (χ2n) is 5.53. The van der Waals surface area contributed by atoms with Gasteiger partial charge in [0.25, 0.3) is 0 Å². The van der Waals surface area contributed by atoms with Gasteiger partial charge in [0.05, 0.1) is 5.92 Å². The van der Waals surface area contributed by atoms with Crippen molar-refractivity contribution in [2.45, 2.75) is 26.7 Å². The van der Waals surface area contributed by atoms with Crippen LogP contribution in [0, 0.1) is 17.7 Å². The molecule has 0 aliphatic carbocycles. The Hall–Kier alpha value is -1.91. The van der Waals surface area contributed by atoms with Gasteiger partial charge in [0.2, 0.25) is 5.91 Å². The first-order chi connectivity index (χ1) is 9.81. The highest BCUT2D eigenvalue weighted by atomic mass is 19.1. The van der Waals surface area contributed by atoms with Gasteiger partial charge in [0.15, 0.2) is 0 Å². The molecule has 0 aliphatic rings. The fraction of sp³-hybridized carbons (Fsp3) is 0.500. The van der Waals surface area contributed by atoms with Gasteiger partial charge in [-0.3, -0.25) is 9.59 Å². The Balaban J connectivity index is 2.49. The van der Waals surface area contributed by atoms with Gasteiger partial charge < -0.3 is 10.0 Å². The van der Waals surface area contributed by atoms with Crippen molar-refractivity contribution in [3.8, 4) is 0 Å². The number of carbonyl (C=O) groups is 2. The van der Waals surface area contributed by atoms with E-state index in [4.69, 9.17) is 5.11 Å². The van der Waals surface area contributed by atoms with Crippen LogP contribution in [-0.4, -0.2) is 35.5 Å². The van der Waals surface area contributed by atoms with Gasteiger partial charge in [0, 0.05) is 19.5 Å². The molecule has 0 aromatic heterocycles. The minimum atomic E-state index is -0.915. The van der Waals surface area contributed by atoms with Gasteiger partial charge in [-0.2, -0.15) is 0 Å². The standard InChI is InChI=1S/C16H22FNO3/c1-11(7-8-13-5-4-6-14(17)9-13)15(19)18(3)10-12(2)16(20)21/h4-6,9,11-12H,7-8,10H2,1-3H3,(H,20,21). The molecule has 4 nitrogen and oxygen atoms in total. The van der Waals surface area contributed by atoms with Crippen LogP contribution in [0.2, 0.25) is 0 Å². The van der Waals surface area contributed by atoms with E-state index < -0.39 is 11.9 Å². The SMILES string of the molecule is CC(CN(C)C(=O)C(C)CCc1cccc(F)c1)C(=O)O. The molecule has 1 amide bonds. The lowest BCUT2D eigenvalue weighted by atomic mass is 9.99. The average Bonchev–Trinajstić information content (AvgIpc) is 2.43. The Bertz CT molecular complexity index is 504. The Morgan fingerprint density at radius 3 is 2.52 bits per heavy atom. The Morgan fingerprint density at radius 1 is 1.29 bits per heavy atom. The topological polar surface area (TPSA) is 57.6 Å². The van der Waals surface area contributed by atoms with Crippen molar-refractivity contribution in [2.24, 2.45) is 11.8 Å². The van der Waals surface area contributed by atoms with Crippen LogP contribution in [-0.2, 0) is 16.0 Å². The first-order valence-electron chi connectivity index (χ1n) is 7.03. The van der Waals surface area contributed by atoms with E-state index in [9.17, 15) is 14.0 Å². The third kappa shape index (κ3) is 5.53. The van der Waals surface area contributed by atoms with Gasteiger partial charge in [0.1, 0.15) is 5.82 Å². The number of hydrogen-bond donors (Lipinski definition) is 1. The third-order valence-corrected chi connectivity index (χ3v) is 3.52. The van der Waals surface area contributed by atoms with E-state index >= 15 is 0 Å². The molecule has 2 atom stereocenters. The second kappa shape index (κ2) is 7.76. The lowest BCUT2D eigenvalue weighted by Crippen LogP contribution is -2.37. The van der Waals surface area contributed by atoms with Crippen LogP contribution >= 0.6 is 0 Å². The molecule has 0 spiro atoms. The zero-order chi connectivity index (χ0) is 16.0. The van der Waals surface area contributed by atoms with E-state index in [1.165, 1.54) is 17.0 Å². The summed E-state index contributed by atoms with van der Waals surface area (Å²) in [5.41, 5.74) is 0.858. The van der Waals surface area contributed by atoms with Crippen molar-refractivity contribution in [1.29, 1.82) is 0 Å². The van der Waals surface area contributed by atoms with Crippen LogP contribution in [0.5, 0.6) is 0 Å². The number of carboxylic acids is 1. The van der Waals surface area contributed by atoms with E-state index in [0.717, 1.165) is 5.56 Å². The van der Waals surface area contributed by atoms with E-state index in [1.807, 2.05) is 13.0 Å². The number of nitrogens with zero attached hydrogens (tertiary/aromatic N) is 1. The molecule has 1 rings (SSSR count). The van der Waals surface area contributed by atoms with Crippen LogP contribution in [0.1, 0.15) is 25.8 Å². The van der Waals surface area contributed by atoms with Gasteiger partial charge in [-0.05, 0) is 30.5 Å². The summed E-state index contributed by atoms with van der Waals surface area (Å²) >= 11 is 0. The van der Waals surface area contributed by atoms with Crippen molar-refractivity contribution in [2.75, 3.05) is 13.6 Å². The van der Waals surface area contributed by atoms with E-state index in [0.29, 0.717) is 12.8 Å². The normalized spacial score (nSPS) is 13.5. The highest BCUT2D eigenvalue weighted by Crippen LogP contribution is 2.13. The highest BCUT2D eigenvalue weighted by Gasteiger charge is 2.21. The molecular weight excluding hydrogens is 273 g/mol. The second-order valence-corrected chi connectivity index (χ2v) is 5.53. The lowest BCUT2D eigenvalue weighted by molar-refractivity contribution is -0.143. The fourth-order valence-corrected chi connectivity index (χ4v) is 2.15. The number of amides is 1. The number of aryl methyl sites for hydroxylation is 1. The van der Waals surface area contributed by atoms with E-state index in [-0.39, 0.29) is 24.2 Å².